The lowest BCUT2D eigenvalue weighted by Gasteiger charge is -2.42. The number of amides is 1. The number of anilines is 1. The minimum absolute atomic E-state index is 0.0215. The number of carbonyl (C=O) groups excluding carboxylic acids is 1. The fourth-order valence-corrected chi connectivity index (χ4v) is 3.55. The fourth-order valence-electron chi connectivity index (χ4n) is 3.55. The van der Waals surface area contributed by atoms with E-state index in [4.69, 9.17) is 19.6 Å². The first kappa shape index (κ1) is 23.7. The summed E-state index contributed by atoms with van der Waals surface area (Å²) in [5.41, 5.74) is 0.0972. The Balaban J connectivity index is 1.80. The predicted molar refractivity (Wildman–Crippen MR) is 120 cm³/mol. The summed E-state index contributed by atoms with van der Waals surface area (Å²) < 4.78 is 11.3. The molecule has 1 N–H and O–H groups in total. The van der Waals surface area contributed by atoms with E-state index in [1.807, 2.05) is 32.9 Å². The van der Waals surface area contributed by atoms with E-state index in [9.17, 15) is 14.9 Å². The molecule has 1 fully saturated rings. The summed E-state index contributed by atoms with van der Waals surface area (Å²) in [5.74, 6) is 0.714. The summed E-state index contributed by atoms with van der Waals surface area (Å²) in [5, 5.41) is 20.7. The summed E-state index contributed by atoms with van der Waals surface area (Å²) in [7, 11) is 0. The number of aliphatic hydroxyl groups is 1. The Bertz CT molecular complexity index is 961. The molecule has 0 spiro atoms. The zero-order valence-corrected chi connectivity index (χ0v) is 18.7. The number of piperazine rings is 1. The highest BCUT2D eigenvalue weighted by Crippen LogP contribution is 2.25. The standard InChI is InChI=1S/C22H30N4O6/c1-22(2,3)32-21(28)24-9-10-25(18(14-24)15-31-12-4-11-27)20-8-5-16-13-17(26(29)30)6-7-19(16)23-20/h5-8,13,18,27H,4,9-12,14-15H2,1-3H3. The van der Waals surface area contributed by atoms with E-state index >= 15 is 0 Å². The van der Waals surface area contributed by atoms with Gasteiger partial charge in [-0.25, -0.2) is 9.78 Å². The van der Waals surface area contributed by atoms with Crippen LogP contribution in [0.15, 0.2) is 30.3 Å². The van der Waals surface area contributed by atoms with Crippen molar-refractivity contribution < 1.29 is 24.3 Å². The quantitative estimate of drug-likeness (QED) is 0.392. The average Bonchev–Trinajstić information content (AvgIpc) is 2.74. The second-order valence-electron chi connectivity index (χ2n) is 8.73. The molecule has 10 heteroatoms. The smallest absolute Gasteiger partial charge is 0.410 e. The van der Waals surface area contributed by atoms with Crippen molar-refractivity contribution in [2.75, 3.05) is 44.4 Å². The third kappa shape index (κ3) is 6.04. The van der Waals surface area contributed by atoms with Gasteiger partial charge >= 0.3 is 6.09 Å². The van der Waals surface area contributed by atoms with Crippen molar-refractivity contribution in [3.8, 4) is 0 Å². The molecule has 1 aliphatic heterocycles. The number of ether oxygens (including phenoxy) is 2. The number of aliphatic hydroxyl groups excluding tert-OH is 1. The van der Waals surface area contributed by atoms with Gasteiger partial charge in [0.2, 0.25) is 0 Å². The van der Waals surface area contributed by atoms with Crippen LogP contribution in [0.3, 0.4) is 0 Å². The molecule has 0 radical (unpaired) electrons. The monoisotopic (exact) mass is 446 g/mol. The SMILES string of the molecule is CC(C)(C)OC(=O)N1CCN(c2ccc3cc([N+](=O)[O-])ccc3n2)C(COCCCO)C1. The summed E-state index contributed by atoms with van der Waals surface area (Å²) in [6.07, 6.45) is 0.173. The Labute approximate surface area is 186 Å². The van der Waals surface area contributed by atoms with Crippen molar-refractivity contribution >= 4 is 28.5 Å². The number of non-ortho nitro benzene ring substituents is 1. The van der Waals surface area contributed by atoms with E-state index in [1.165, 1.54) is 12.1 Å². The van der Waals surface area contributed by atoms with Gasteiger partial charge < -0.3 is 24.4 Å². The van der Waals surface area contributed by atoms with Gasteiger partial charge in [0.25, 0.3) is 5.69 Å². The molecule has 3 rings (SSSR count). The number of nitrogens with zero attached hydrogens (tertiary/aromatic N) is 4. The largest absolute Gasteiger partial charge is 0.444 e. The van der Waals surface area contributed by atoms with Gasteiger partial charge in [-0.05, 0) is 45.4 Å². The van der Waals surface area contributed by atoms with Crippen LogP contribution in [0, 0.1) is 10.1 Å². The maximum atomic E-state index is 12.6. The van der Waals surface area contributed by atoms with Gasteiger partial charge in [-0.1, -0.05) is 0 Å². The number of rotatable bonds is 7. The molecule has 2 aromatic rings. The molecule has 1 saturated heterocycles. The summed E-state index contributed by atoms with van der Waals surface area (Å²) >= 11 is 0. The van der Waals surface area contributed by atoms with Crippen LogP contribution in [0.2, 0.25) is 0 Å². The maximum absolute atomic E-state index is 12.6. The van der Waals surface area contributed by atoms with Crippen LogP contribution in [-0.4, -0.2) is 77.1 Å². The van der Waals surface area contributed by atoms with E-state index in [0.717, 1.165) is 0 Å². The molecule has 0 saturated carbocycles. The molecular weight excluding hydrogens is 416 g/mol. The first-order chi connectivity index (χ1) is 15.2. The third-order valence-corrected chi connectivity index (χ3v) is 5.05. The molecule has 1 aliphatic rings. The van der Waals surface area contributed by atoms with Gasteiger partial charge in [0.15, 0.2) is 0 Å². The molecule has 32 heavy (non-hydrogen) atoms. The topological polar surface area (TPSA) is 118 Å². The van der Waals surface area contributed by atoms with E-state index < -0.39 is 10.5 Å². The number of carbonyl (C=O) groups is 1. The maximum Gasteiger partial charge on any atom is 0.410 e. The molecule has 174 valence electrons. The first-order valence-electron chi connectivity index (χ1n) is 10.7. The number of fused-ring (bicyclic) bond motifs is 1. The molecular formula is C22H30N4O6. The Kier molecular flexibility index (Phi) is 7.47. The minimum Gasteiger partial charge on any atom is -0.444 e. The zero-order valence-electron chi connectivity index (χ0n) is 18.7. The molecule has 0 aliphatic carbocycles. The Morgan fingerprint density at radius 1 is 1.28 bits per heavy atom. The molecule has 2 heterocycles. The van der Waals surface area contributed by atoms with Gasteiger partial charge in [-0.2, -0.15) is 0 Å². The number of hydrogen-bond donors (Lipinski definition) is 1. The molecule has 1 aromatic carbocycles. The lowest BCUT2D eigenvalue weighted by molar-refractivity contribution is -0.384. The number of nitro groups is 1. The zero-order chi connectivity index (χ0) is 23.3. The average molecular weight is 447 g/mol. The Morgan fingerprint density at radius 2 is 2.06 bits per heavy atom. The van der Waals surface area contributed by atoms with Gasteiger partial charge in [-0.15, -0.1) is 0 Å². The first-order valence-corrected chi connectivity index (χ1v) is 10.7. The molecule has 1 aromatic heterocycles. The van der Waals surface area contributed by atoms with Crippen molar-refractivity contribution in [2.45, 2.75) is 38.8 Å². The number of nitro benzene ring substituents is 1. The van der Waals surface area contributed by atoms with Crippen LogP contribution in [0.4, 0.5) is 16.3 Å². The highest BCUT2D eigenvalue weighted by atomic mass is 16.6. The van der Waals surface area contributed by atoms with E-state index in [2.05, 4.69) is 4.90 Å². The van der Waals surface area contributed by atoms with Crippen molar-refractivity contribution in [2.24, 2.45) is 0 Å². The van der Waals surface area contributed by atoms with E-state index in [1.54, 1.807) is 11.0 Å². The lowest BCUT2D eigenvalue weighted by atomic mass is 10.1. The summed E-state index contributed by atoms with van der Waals surface area (Å²) in [6, 6.07) is 8.07. The molecule has 0 bridgehead atoms. The number of benzene rings is 1. The van der Waals surface area contributed by atoms with Crippen LogP contribution >= 0.6 is 0 Å². The predicted octanol–water partition coefficient (Wildman–Crippen LogP) is 2.97. The van der Waals surface area contributed by atoms with Crippen molar-refractivity contribution in [1.29, 1.82) is 0 Å². The van der Waals surface area contributed by atoms with E-state index in [-0.39, 0.29) is 24.4 Å². The van der Waals surface area contributed by atoms with E-state index in [0.29, 0.717) is 56.0 Å². The van der Waals surface area contributed by atoms with Crippen LogP contribution < -0.4 is 4.90 Å². The van der Waals surface area contributed by atoms with Gasteiger partial charge in [0, 0.05) is 50.4 Å². The van der Waals surface area contributed by atoms with Gasteiger partial charge in [0.05, 0.1) is 23.1 Å². The van der Waals surface area contributed by atoms with Crippen molar-refractivity contribution in [1.82, 2.24) is 9.88 Å². The summed E-state index contributed by atoms with van der Waals surface area (Å²) in [6.45, 7) is 7.76. The van der Waals surface area contributed by atoms with Crippen LogP contribution in [0.1, 0.15) is 27.2 Å². The van der Waals surface area contributed by atoms with Crippen LogP contribution in [-0.2, 0) is 9.47 Å². The fraction of sp³-hybridized carbons (Fsp3) is 0.545. The molecule has 1 amide bonds. The Hall–Kier alpha value is -2.98. The summed E-state index contributed by atoms with van der Waals surface area (Å²) in [4.78, 5) is 31.6. The lowest BCUT2D eigenvalue weighted by Crippen LogP contribution is -2.57. The normalized spacial score (nSPS) is 16.9. The molecule has 1 unspecified atom stereocenters. The van der Waals surface area contributed by atoms with Gasteiger partial charge in [-0.3, -0.25) is 10.1 Å². The number of pyridine rings is 1. The number of hydrogen-bond acceptors (Lipinski definition) is 8. The van der Waals surface area contributed by atoms with Crippen molar-refractivity contribution in [3.63, 3.8) is 0 Å². The highest BCUT2D eigenvalue weighted by molar-refractivity contribution is 5.82. The van der Waals surface area contributed by atoms with Crippen LogP contribution in [0.25, 0.3) is 10.9 Å². The molecule has 1 atom stereocenters. The number of aromatic nitrogens is 1. The third-order valence-electron chi connectivity index (χ3n) is 5.05. The van der Waals surface area contributed by atoms with Gasteiger partial charge in [0.1, 0.15) is 11.4 Å². The second kappa shape index (κ2) is 10.1. The Morgan fingerprint density at radius 3 is 2.75 bits per heavy atom. The van der Waals surface area contributed by atoms with Crippen LogP contribution in [0.5, 0.6) is 0 Å². The van der Waals surface area contributed by atoms with Crippen molar-refractivity contribution in [3.05, 3.63) is 40.4 Å². The minimum atomic E-state index is -0.580. The second-order valence-corrected chi connectivity index (χ2v) is 8.73. The highest BCUT2D eigenvalue weighted by Gasteiger charge is 2.33. The molecule has 10 nitrogen and oxygen atoms in total.